The van der Waals surface area contributed by atoms with Crippen LogP contribution in [0.3, 0.4) is 0 Å². The van der Waals surface area contributed by atoms with Crippen molar-refractivity contribution in [2.24, 2.45) is 0 Å². The average Bonchev–Trinajstić information content (AvgIpc) is 2.74. The molecule has 0 aromatic heterocycles. The number of halogens is 1. The second-order valence-corrected chi connectivity index (χ2v) is 15.1. The van der Waals surface area contributed by atoms with Crippen LogP contribution in [0, 0.1) is 0 Å². The molecule has 0 atom stereocenters. The number of benzene rings is 2. The summed E-state index contributed by atoms with van der Waals surface area (Å²) < 4.78 is 11.3. The molecule has 2 rings (SSSR count). The minimum atomic E-state index is -1.04. The van der Waals surface area contributed by atoms with Crippen LogP contribution in [0.4, 0.5) is 0 Å². The molecule has 0 saturated heterocycles. The van der Waals surface area contributed by atoms with E-state index in [1.807, 2.05) is 0 Å². The standard InChI is InChI=1S/C25H33ClO5Si/c1-32(2,3)17-7-5-4-6-16-30-22-11-8-19(9-12-22)25(29)31-23-13-10-21(24(27)28)18-20(23)14-15-26/h8-13,18H,4-7,14-17H2,1-3H3,(H,27,28). The van der Waals surface area contributed by atoms with Crippen molar-refractivity contribution in [1.82, 2.24) is 0 Å². The van der Waals surface area contributed by atoms with Crippen LogP contribution in [0.5, 0.6) is 11.5 Å². The van der Waals surface area contributed by atoms with Gasteiger partial charge in [0, 0.05) is 14.0 Å². The molecule has 0 aliphatic heterocycles. The SMILES string of the molecule is C[Si](C)(C)CCCCCCOc1ccc(C(=O)Oc2ccc(C(=O)O)cc2CCCl)cc1. The molecule has 2 aromatic carbocycles. The van der Waals surface area contributed by atoms with Crippen LogP contribution in [0.2, 0.25) is 25.7 Å². The number of unbranched alkanes of at least 4 members (excludes halogenated alkanes) is 3. The highest BCUT2D eigenvalue weighted by Gasteiger charge is 2.15. The highest BCUT2D eigenvalue weighted by Crippen LogP contribution is 2.23. The summed E-state index contributed by atoms with van der Waals surface area (Å²) in [5, 5.41) is 9.15. The highest BCUT2D eigenvalue weighted by atomic mass is 35.5. The van der Waals surface area contributed by atoms with Gasteiger partial charge >= 0.3 is 11.9 Å². The zero-order valence-corrected chi connectivity index (χ0v) is 20.9. The summed E-state index contributed by atoms with van der Waals surface area (Å²) in [7, 11) is -0.931. The van der Waals surface area contributed by atoms with Crippen LogP contribution in [0.15, 0.2) is 42.5 Å². The van der Waals surface area contributed by atoms with Crippen molar-refractivity contribution in [3.05, 3.63) is 59.2 Å². The third kappa shape index (κ3) is 9.05. The van der Waals surface area contributed by atoms with Crippen LogP contribution < -0.4 is 9.47 Å². The first kappa shape index (κ1) is 25.9. The number of carboxylic acid groups (broad SMARTS) is 1. The predicted molar refractivity (Wildman–Crippen MR) is 131 cm³/mol. The average molecular weight is 477 g/mol. The second-order valence-electron chi connectivity index (χ2n) is 9.05. The minimum Gasteiger partial charge on any atom is -0.494 e. The van der Waals surface area contributed by atoms with E-state index in [0.29, 0.717) is 29.9 Å². The van der Waals surface area contributed by atoms with Gasteiger partial charge in [-0.3, -0.25) is 0 Å². The number of hydrogen-bond acceptors (Lipinski definition) is 4. The van der Waals surface area contributed by atoms with E-state index in [4.69, 9.17) is 26.2 Å². The number of carboxylic acids is 1. The molecule has 174 valence electrons. The molecule has 5 nitrogen and oxygen atoms in total. The van der Waals surface area contributed by atoms with E-state index in [-0.39, 0.29) is 11.4 Å². The van der Waals surface area contributed by atoms with Gasteiger partial charge in [0.05, 0.1) is 17.7 Å². The Bertz CT molecular complexity index is 890. The van der Waals surface area contributed by atoms with Gasteiger partial charge in [-0.2, -0.15) is 0 Å². The van der Waals surface area contributed by atoms with Gasteiger partial charge in [-0.05, 0) is 60.9 Å². The summed E-state index contributed by atoms with van der Waals surface area (Å²) in [6, 6.07) is 12.6. The monoisotopic (exact) mass is 476 g/mol. The van der Waals surface area contributed by atoms with Gasteiger partial charge in [-0.25, -0.2) is 9.59 Å². The molecule has 32 heavy (non-hydrogen) atoms. The van der Waals surface area contributed by atoms with E-state index < -0.39 is 20.0 Å². The lowest BCUT2D eigenvalue weighted by atomic mass is 10.1. The third-order valence-corrected chi connectivity index (χ3v) is 7.10. The molecular weight excluding hydrogens is 444 g/mol. The molecule has 7 heteroatoms. The van der Waals surface area contributed by atoms with E-state index in [1.54, 1.807) is 24.3 Å². The van der Waals surface area contributed by atoms with Gasteiger partial charge in [0.15, 0.2) is 0 Å². The number of carbonyl (C=O) groups excluding carboxylic acids is 1. The van der Waals surface area contributed by atoms with Gasteiger partial charge in [-0.15, -0.1) is 11.6 Å². The molecule has 0 unspecified atom stereocenters. The number of rotatable bonds is 13. The molecule has 0 saturated carbocycles. The van der Waals surface area contributed by atoms with Crippen molar-refractivity contribution in [2.75, 3.05) is 12.5 Å². The van der Waals surface area contributed by atoms with Crippen LogP contribution >= 0.6 is 11.6 Å². The maximum Gasteiger partial charge on any atom is 0.343 e. The first-order valence-electron chi connectivity index (χ1n) is 11.1. The van der Waals surface area contributed by atoms with Crippen molar-refractivity contribution < 1.29 is 24.2 Å². The lowest BCUT2D eigenvalue weighted by Crippen LogP contribution is -2.18. The number of aryl methyl sites for hydroxylation is 1. The van der Waals surface area contributed by atoms with E-state index in [2.05, 4.69) is 19.6 Å². The fourth-order valence-electron chi connectivity index (χ4n) is 3.26. The highest BCUT2D eigenvalue weighted by molar-refractivity contribution is 6.76. The van der Waals surface area contributed by atoms with Crippen molar-refractivity contribution in [1.29, 1.82) is 0 Å². The van der Waals surface area contributed by atoms with E-state index in [0.717, 1.165) is 12.2 Å². The molecular formula is C25H33ClO5Si. The van der Waals surface area contributed by atoms with Crippen molar-refractivity contribution in [2.45, 2.75) is 57.8 Å². The first-order valence-corrected chi connectivity index (χ1v) is 15.3. The quantitative estimate of drug-likeness (QED) is 0.115. The van der Waals surface area contributed by atoms with Crippen molar-refractivity contribution >= 4 is 31.6 Å². The molecule has 0 heterocycles. The predicted octanol–water partition coefficient (Wildman–Crippen LogP) is 6.66. The van der Waals surface area contributed by atoms with E-state index in [1.165, 1.54) is 43.5 Å². The number of aromatic carboxylic acids is 1. The van der Waals surface area contributed by atoms with E-state index in [9.17, 15) is 9.59 Å². The van der Waals surface area contributed by atoms with Crippen LogP contribution in [-0.2, 0) is 6.42 Å². The molecule has 0 bridgehead atoms. The van der Waals surface area contributed by atoms with Gasteiger partial charge in [0.1, 0.15) is 11.5 Å². The Hall–Kier alpha value is -2.31. The van der Waals surface area contributed by atoms with Gasteiger partial charge in [0.2, 0.25) is 0 Å². The molecule has 1 N–H and O–H groups in total. The zero-order chi connectivity index (χ0) is 23.6. The fraction of sp³-hybridized carbons (Fsp3) is 0.440. The maximum absolute atomic E-state index is 12.5. The third-order valence-electron chi connectivity index (χ3n) is 5.05. The maximum atomic E-state index is 12.5. The molecule has 2 aromatic rings. The minimum absolute atomic E-state index is 0.127. The normalized spacial score (nSPS) is 11.2. The van der Waals surface area contributed by atoms with Gasteiger partial charge in [0.25, 0.3) is 0 Å². The van der Waals surface area contributed by atoms with Gasteiger partial charge in [-0.1, -0.05) is 44.9 Å². The summed E-state index contributed by atoms with van der Waals surface area (Å²) in [6.07, 6.45) is 5.14. The molecule has 0 fully saturated rings. The van der Waals surface area contributed by atoms with Crippen LogP contribution in [0.25, 0.3) is 0 Å². The summed E-state index contributed by atoms with van der Waals surface area (Å²) >= 11 is 5.81. The van der Waals surface area contributed by atoms with Crippen molar-refractivity contribution in [3.63, 3.8) is 0 Å². The Kier molecular flexibility index (Phi) is 10.3. The lowest BCUT2D eigenvalue weighted by Gasteiger charge is -2.14. The van der Waals surface area contributed by atoms with Crippen LogP contribution in [0.1, 0.15) is 52.0 Å². The lowest BCUT2D eigenvalue weighted by molar-refractivity contribution is 0.0696. The second kappa shape index (κ2) is 12.7. The Balaban J connectivity index is 1.84. The number of alkyl halides is 1. The number of esters is 1. The topological polar surface area (TPSA) is 72.8 Å². The summed E-state index contributed by atoms with van der Waals surface area (Å²) in [5.41, 5.74) is 1.10. The molecule has 0 radical (unpaired) electrons. The molecule has 0 aliphatic carbocycles. The fourth-order valence-corrected chi connectivity index (χ4v) is 4.77. The number of ether oxygens (including phenoxy) is 2. The molecule has 0 amide bonds. The van der Waals surface area contributed by atoms with Crippen LogP contribution in [-0.4, -0.2) is 37.6 Å². The summed E-state index contributed by atoms with van der Waals surface area (Å²) in [5.74, 6) is -0.232. The summed E-state index contributed by atoms with van der Waals surface area (Å²) in [6.45, 7) is 7.88. The zero-order valence-electron chi connectivity index (χ0n) is 19.2. The Labute approximate surface area is 196 Å². The Morgan fingerprint density at radius 3 is 2.22 bits per heavy atom. The number of hydrogen-bond donors (Lipinski definition) is 1. The first-order chi connectivity index (χ1) is 15.2. The van der Waals surface area contributed by atoms with E-state index >= 15 is 0 Å². The number of carbonyl (C=O) groups is 2. The van der Waals surface area contributed by atoms with Crippen molar-refractivity contribution in [3.8, 4) is 11.5 Å². The smallest absolute Gasteiger partial charge is 0.343 e. The molecule has 0 spiro atoms. The summed E-state index contributed by atoms with van der Waals surface area (Å²) in [4.78, 5) is 23.7. The largest absolute Gasteiger partial charge is 0.494 e. The van der Waals surface area contributed by atoms with Gasteiger partial charge < -0.3 is 14.6 Å². The Morgan fingerprint density at radius 1 is 0.938 bits per heavy atom. The Morgan fingerprint density at radius 2 is 1.59 bits per heavy atom. The molecule has 0 aliphatic rings.